The van der Waals surface area contributed by atoms with E-state index in [9.17, 15) is 9.18 Å². The van der Waals surface area contributed by atoms with Crippen LogP contribution in [0.3, 0.4) is 0 Å². The molecule has 0 unspecified atom stereocenters. The van der Waals surface area contributed by atoms with Gasteiger partial charge >= 0.3 is 5.97 Å². The lowest BCUT2D eigenvalue weighted by Gasteiger charge is -2.10. The predicted octanol–water partition coefficient (Wildman–Crippen LogP) is 3.76. The summed E-state index contributed by atoms with van der Waals surface area (Å²) in [6.45, 7) is 0.0434. The maximum absolute atomic E-state index is 13.6. The number of carboxylic acids is 1. The van der Waals surface area contributed by atoms with Gasteiger partial charge in [0.1, 0.15) is 12.2 Å². The first-order valence-corrected chi connectivity index (χ1v) is 5.85. The Morgan fingerprint density at radius 1 is 1.26 bits per heavy atom. The minimum absolute atomic E-state index is 0.0434. The summed E-state index contributed by atoms with van der Waals surface area (Å²) < 4.78 is 18.8. The molecule has 0 spiro atoms. The first-order chi connectivity index (χ1) is 9.08. The van der Waals surface area contributed by atoms with Crippen LogP contribution in [0.5, 0.6) is 5.75 Å². The van der Waals surface area contributed by atoms with Crippen LogP contribution in [0.2, 0.25) is 5.02 Å². The van der Waals surface area contributed by atoms with Crippen molar-refractivity contribution in [3.8, 4) is 5.75 Å². The van der Waals surface area contributed by atoms with Crippen molar-refractivity contribution in [3.05, 3.63) is 64.4 Å². The van der Waals surface area contributed by atoms with Crippen LogP contribution in [0.15, 0.2) is 42.5 Å². The van der Waals surface area contributed by atoms with Gasteiger partial charge in [0.2, 0.25) is 0 Å². The molecule has 0 aromatic heterocycles. The molecule has 2 aromatic carbocycles. The van der Waals surface area contributed by atoms with E-state index in [0.29, 0.717) is 5.02 Å². The van der Waals surface area contributed by atoms with Gasteiger partial charge in [-0.1, -0.05) is 29.8 Å². The predicted molar refractivity (Wildman–Crippen MR) is 69.1 cm³/mol. The van der Waals surface area contributed by atoms with E-state index in [1.807, 2.05) is 0 Å². The van der Waals surface area contributed by atoms with Gasteiger partial charge in [-0.15, -0.1) is 0 Å². The second-order valence-electron chi connectivity index (χ2n) is 3.84. The number of ether oxygens (including phenoxy) is 1. The zero-order chi connectivity index (χ0) is 13.8. The van der Waals surface area contributed by atoms with Crippen molar-refractivity contribution < 1.29 is 19.0 Å². The topological polar surface area (TPSA) is 46.5 Å². The average Bonchev–Trinajstić information content (AvgIpc) is 2.37. The highest BCUT2D eigenvalue weighted by molar-refractivity contribution is 6.30. The number of hydrogen-bond donors (Lipinski definition) is 1. The smallest absolute Gasteiger partial charge is 0.339 e. The molecule has 0 fully saturated rings. The largest absolute Gasteiger partial charge is 0.485 e. The van der Waals surface area contributed by atoms with E-state index in [4.69, 9.17) is 21.4 Å². The summed E-state index contributed by atoms with van der Waals surface area (Å²) in [6.07, 6.45) is 0. The fraction of sp³-hybridized carbons (Fsp3) is 0.0714. The third kappa shape index (κ3) is 3.23. The number of carbonyl (C=O) groups is 1. The maximum atomic E-state index is 13.6. The lowest BCUT2D eigenvalue weighted by atomic mass is 10.2. The van der Waals surface area contributed by atoms with Gasteiger partial charge in [0.25, 0.3) is 0 Å². The van der Waals surface area contributed by atoms with E-state index < -0.39 is 11.8 Å². The van der Waals surface area contributed by atoms with Gasteiger partial charge in [0.05, 0.1) is 0 Å². The molecule has 98 valence electrons. The molecule has 0 bridgehead atoms. The molecule has 5 heteroatoms. The van der Waals surface area contributed by atoms with E-state index in [-0.39, 0.29) is 17.9 Å². The summed E-state index contributed by atoms with van der Waals surface area (Å²) in [6, 6.07) is 10.6. The van der Waals surface area contributed by atoms with Gasteiger partial charge in [0, 0.05) is 5.02 Å². The number of hydrogen-bond acceptors (Lipinski definition) is 2. The molecule has 0 aliphatic heterocycles. The van der Waals surface area contributed by atoms with Crippen molar-refractivity contribution in [3.63, 3.8) is 0 Å². The molecular formula is C14H10ClFO3. The summed E-state index contributed by atoms with van der Waals surface area (Å²) in [5.41, 5.74) is 0.522. The van der Waals surface area contributed by atoms with E-state index in [1.54, 1.807) is 24.3 Å². The molecule has 0 aliphatic rings. The van der Waals surface area contributed by atoms with Gasteiger partial charge in [-0.25, -0.2) is 9.18 Å². The summed E-state index contributed by atoms with van der Waals surface area (Å²) in [5, 5.41) is 9.50. The second-order valence-corrected chi connectivity index (χ2v) is 4.28. The Kier molecular flexibility index (Phi) is 4.02. The third-order valence-electron chi connectivity index (χ3n) is 2.47. The normalized spacial score (nSPS) is 10.2. The van der Waals surface area contributed by atoms with Crippen molar-refractivity contribution in [2.45, 2.75) is 6.61 Å². The van der Waals surface area contributed by atoms with Gasteiger partial charge in [-0.05, 0) is 29.8 Å². The van der Waals surface area contributed by atoms with Crippen molar-refractivity contribution in [1.29, 1.82) is 0 Å². The van der Waals surface area contributed by atoms with E-state index in [2.05, 4.69) is 0 Å². The van der Waals surface area contributed by atoms with Crippen molar-refractivity contribution in [2.75, 3.05) is 0 Å². The van der Waals surface area contributed by atoms with E-state index >= 15 is 0 Å². The van der Waals surface area contributed by atoms with Crippen LogP contribution in [-0.2, 0) is 6.61 Å². The van der Waals surface area contributed by atoms with E-state index in [1.165, 1.54) is 12.1 Å². The highest BCUT2D eigenvalue weighted by Gasteiger charge is 2.15. The Hall–Kier alpha value is -2.07. The molecule has 0 saturated heterocycles. The monoisotopic (exact) mass is 280 g/mol. The SMILES string of the molecule is O=C(O)c1cccc(F)c1OCc1cccc(Cl)c1. The van der Waals surface area contributed by atoms with Crippen LogP contribution in [0, 0.1) is 5.82 Å². The fourth-order valence-corrected chi connectivity index (χ4v) is 1.82. The number of rotatable bonds is 4. The number of para-hydroxylation sites is 1. The molecular weight excluding hydrogens is 271 g/mol. The van der Waals surface area contributed by atoms with Crippen LogP contribution in [0.25, 0.3) is 0 Å². The number of aromatic carboxylic acids is 1. The molecule has 0 amide bonds. The molecule has 3 nitrogen and oxygen atoms in total. The minimum Gasteiger partial charge on any atom is -0.485 e. The summed E-state index contributed by atoms with van der Waals surface area (Å²) in [5.74, 6) is -2.21. The standard InChI is InChI=1S/C14H10ClFO3/c15-10-4-1-3-9(7-10)8-19-13-11(14(17)18)5-2-6-12(13)16/h1-7H,8H2,(H,17,18). The maximum Gasteiger partial charge on any atom is 0.339 e. The van der Waals surface area contributed by atoms with Gasteiger partial charge < -0.3 is 9.84 Å². The molecule has 1 N–H and O–H groups in total. The quantitative estimate of drug-likeness (QED) is 0.927. The van der Waals surface area contributed by atoms with Gasteiger partial charge in [-0.3, -0.25) is 0 Å². The summed E-state index contributed by atoms with van der Waals surface area (Å²) in [4.78, 5) is 11.0. The molecule has 19 heavy (non-hydrogen) atoms. The Bertz CT molecular complexity index is 613. The van der Waals surface area contributed by atoms with Crippen LogP contribution in [0.4, 0.5) is 4.39 Å². The van der Waals surface area contributed by atoms with Gasteiger partial charge in [-0.2, -0.15) is 0 Å². The third-order valence-corrected chi connectivity index (χ3v) is 2.70. The molecule has 0 heterocycles. The highest BCUT2D eigenvalue weighted by Crippen LogP contribution is 2.24. The Morgan fingerprint density at radius 2 is 2.00 bits per heavy atom. The average molecular weight is 281 g/mol. The number of carboxylic acid groups (broad SMARTS) is 1. The molecule has 0 aliphatic carbocycles. The minimum atomic E-state index is -1.24. The number of halogens is 2. The first kappa shape index (κ1) is 13.4. The van der Waals surface area contributed by atoms with Gasteiger partial charge in [0.15, 0.2) is 11.6 Å². The van der Waals surface area contributed by atoms with Crippen LogP contribution in [0.1, 0.15) is 15.9 Å². The molecule has 0 atom stereocenters. The Labute approximate surface area is 114 Å². The molecule has 0 radical (unpaired) electrons. The van der Waals surface area contributed by atoms with Crippen molar-refractivity contribution >= 4 is 17.6 Å². The first-order valence-electron chi connectivity index (χ1n) is 5.47. The van der Waals surface area contributed by atoms with Crippen molar-refractivity contribution in [2.24, 2.45) is 0 Å². The summed E-state index contributed by atoms with van der Waals surface area (Å²) >= 11 is 5.82. The zero-order valence-corrected chi connectivity index (χ0v) is 10.5. The van der Waals surface area contributed by atoms with Crippen LogP contribution in [-0.4, -0.2) is 11.1 Å². The Morgan fingerprint density at radius 3 is 2.68 bits per heavy atom. The summed E-state index contributed by atoms with van der Waals surface area (Å²) in [7, 11) is 0. The fourth-order valence-electron chi connectivity index (χ4n) is 1.61. The molecule has 0 saturated carbocycles. The van der Waals surface area contributed by atoms with E-state index in [0.717, 1.165) is 11.6 Å². The lowest BCUT2D eigenvalue weighted by Crippen LogP contribution is -2.05. The highest BCUT2D eigenvalue weighted by atomic mass is 35.5. The lowest BCUT2D eigenvalue weighted by molar-refractivity contribution is 0.0690. The van der Waals surface area contributed by atoms with Crippen LogP contribution >= 0.6 is 11.6 Å². The second kappa shape index (κ2) is 5.71. The van der Waals surface area contributed by atoms with Crippen molar-refractivity contribution in [1.82, 2.24) is 0 Å². The molecule has 2 rings (SSSR count). The number of benzene rings is 2. The van der Waals surface area contributed by atoms with Crippen LogP contribution < -0.4 is 4.74 Å². The molecule has 2 aromatic rings. The zero-order valence-electron chi connectivity index (χ0n) is 9.77. The Balaban J connectivity index is 2.22.